The van der Waals surface area contributed by atoms with Crippen LogP contribution in [0, 0.1) is 11.8 Å². The number of nitrogens with one attached hydrogen (secondary N) is 1. The second-order valence-electron chi connectivity index (χ2n) is 7.99. The highest BCUT2D eigenvalue weighted by atomic mass is 16.5. The summed E-state index contributed by atoms with van der Waals surface area (Å²) in [5.74, 6) is 1.36. The number of phenols is 1. The molecule has 5 heteroatoms. The minimum absolute atomic E-state index is 0.0542. The first-order valence-corrected chi connectivity index (χ1v) is 9.04. The van der Waals surface area contributed by atoms with Gasteiger partial charge in [0.25, 0.3) is 0 Å². The lowest BCUT2D eigenvalue weighted by Gasteiger charge is -2.58. The van der Waals surface area contributed by atoms with Crippen LogP contribution in [0.2, 0.25) is 0 Å². The molecule has 1 spiro atoms. The van der Waals surface area contributed by atoms with Gasteiger partial charge >= 0.3 is 0 Å². The van der Waals surface area contributed by atoms with Crippen molar-refractivity contribution in [3.8, 4) is 11.5 Å². The summed E-state index contributed by atoms with van der Waals surface area (Å²) >= 11 is 0. The maximum Gasteiger partial charge on any atom is 0.165 e. The number of hydrogen-bond donors (Lipinski definition) is 3. The third-order valence-electron chi connectivity index (χ3n) is 7.11. The molecule has 2 aliphatic carbocycles. The predicted molar refractivity (Wildman–Crippen MR) is 88.4 cm³/mol. The monoisotopic (exact) mass is 331 g/mol. The molecule has 1 aromatic rings. The Bertz CT molecular complexity index is 690. The molecule has 0 radical (unpaired) electrons. The van der Waals surface area contributed by atoms with E-state index in [0.29, 0.717) is 17.7 Å². The van der Waals surface area contributed by atoms with Gasteiger partial charge in [-0.2, -0.15) is 0 Å². The van der Waals surface area contributed by atoms with E-state index in [1.807, 2.05) is 6.92 Å². The molecule has 2 aliphatic heterocycles. The van der Waals surface area contributed by atoms with Gasteiger partial charge in [-0.3, -0.25) is 0 Å². The molecule has 4 aliphatic rings. The molecular weight excluding hydrogens is 306 g/mol. The molecule has 5 rings (SSSR count). The standard InChI is InChI=1S/C19H25NO4/c1-9(21)11-8-12-13-7-10-3-4-14(22)17-15(10)19(12,5-6-20-13)18(24-17)16(11)23-2/h3-4,9,11-13,16,18,20-22H,5-8H2,1-2H3. The minimum atomic E-state index is -0.435. The Hall–Kier alpha value is -1.30. The molecule has 2 heterocycles. The molecule has 0 amide bonds. The summed E-state index contributed by atoms with van der Waals surface area (Å²) in [7, 11) is 1.71. The summed E-state index contributed by atoms with van der Waals surface area (Å²) in [5.41, 5.74) is 2.43. The molecule has 2 bridgehead atoms. The summed E-state index contributed by atoms with van der Waals surface area (Å²) in [4.78, 5) is 0. The van der Waals surface area contributed by atoms with Gasteiger partial charge in [0, 0.05) is 30.0 Å². The zero-order valence-corrected chi connectivity index (χ0v) is 14.2. The van der Waals surface area contributed by atoms with E-state index in [9.17, 15) is 10.2 Å². The summed E-state index contributed by atoms with van der Waals surface area (Å²) in [6.07, 6.45) is 2.17. The molecule has 130 valence electrons. The summed E-state index contributed by atoms with van der Waals surface area (Å²) in [6.45, 7) is 2.82. The first-order chi connectivity index (χ1) is 11.6. The van der Waals surface area contributed by atoms with E-state index in [2.05, 4.69) is 11.4 Å². The minimum Gasteiger partial charge on any atom is -0.504 e. The van der Waals surface area contributed by atoms with Crippen molar-refractivity contribution in [2.75, 3.05) is 13.7 Å². The molecule has 1 saturated carbocycles. The summed E-state index contributed by atoms with van der Waals surface area (Å²) in [5, 5.41) is 24.5. The number of aromatic hydroxyl groups is 1. The Morgan fingerprint density at radius 2 is 2.25 bits per heavy atom. The van der Waals surface area contributed by atoms with E-state index in [0.717, 1.165) is 25.8 Å². The largest absolute Gasteiger partial charge is 0.504 e. The molecule has 1 saturated heterocycles. The van der Waals surface area contributed by atoms with Crippen LogP contribution in [-0.2, 0) is 16.6 Å². The molecular formula is C19H25NO4. The van der Waals surface area contributed by atoms with Gasteiger partial charge in [0.2, 0.25) is 0 Å². The van der Waals surface area contributed by atoms with E-state index in [-0.39, 0.29) is 29.3 Å². The lowest BCUT2D eigenvalue weighted by atomic mass is 9.49. The van der Waals surface area contributed by atoms with Crippen LogP contribution in [0.1, 0.15) is 30.9 Å². The third kappa shape index (κ3) is 1.61. The number of rotatable bonds is 2. The Balaban J connectivity index is 1.74. The number of benzene rings is 1. The SMILES string of the molecule is COC1C(C(C)O)CC2C3Cc4ccc(O)c5c4C2(CCN3)C1O5. The van der Waals surface area contributed by atoms with E-state index >= 15 is 0 Å². The number of piperidine rings is 1. The molecule has 1 aromatic carbocycles. The van der Waals surface area contributed by atoms with Gasteiger partial charge in [-0.05, 0) is 50.3 Å². The van der Waals surface area contributed by atoms with E-state index in [1.165, 1.54) is 11.1 Å². The lowest BCUT2D eigenvalue weighted by Crippen LogP contribution is -2.69. The summed E-state index contributed by atoms with van der Waals surface area (Å²) in [6, 6.07) is 4.22. The second-order valence-corrected chi connectivity index (χ2v) is 7.99. The number of phenolic OH excluding ortho intramolecular Hbond substituents is 1. The zero-order valence-electron chi connectivity index (χ0n) is 14.2. The summed E-state index contributed by atoms with van der Waals surface area (Å²) < 4.78 is 12.2. The third-order valence-corrected chi connectivity index (χ3v) is 7.11. The normalized spacial score (nSPS) is 43.0. The Morgan fingerprint density at radius 1 is 1.42 bits per heavy atom. The maximum absolute atomic E-state index is 10.4. The van der Waals surface area contributed by atoms with Gasteiger partial charge in [-0.1, -0.05) is 6.07 Å². The fourth-order valence-corrected chi connectivity index (χ4v) is 6.21. The van der Waals surface area contributed by atoms with E-state index in [4.69, 9.17) is 9.47 Å². The molecule has 3 N–H and O–H groups in total. The number of ether oxygens (including phenoxy) is 2. The number of aliphatic hydroxyl groups is 1. The van der Waals surface area contributed by atoms with Crippen LogP contribution in [0.25, 0.3) is 0 Å². The molecule has 0 aromatic heterocycles. The van der Waals surface area contributed by atoms with Crippen LogP contribution >= 0.6 is 0 Å². The van der Waals surface area contributed by atoms with Gasteiger partial charge in [-0.25, -0.2) is 0 Å². The first-order valence-electron chi connectivity index (χ1n) is 9.04. The average molecular weight is 331 g/mol. The van der Waals surface area contributed by atoms with Crippen LogP contribution in [-0.4, -0.2) is 48.2 Å². The van der Waals surface area contributed by atoms with Crippen LogP contribution < -0.4 is 10.1 Å². The quantitative estimate of drug-likeness (QED) is 0.763. The van der Waals surface area contributed by atoms with Crippen LogP contribution in [0.15, 0.2) is 12.1 Å². The highest BCUT2D eigenvalue weighted by Crippen LogP contribution is 2.63. The van der Waals surface area contributed by atoms with Gasteiger partial charge in [0.1, 0.15) is 12.2 Å². The molecule has 2 fully saturated rings. The fourth-order valence-electron chi connectivity index (χ4n) is 6.21. The van der Waals surface area contributed by atoms with Crippen molar-refractivity contribution in [2.24, 2.45) is 11.8 Å². The van der Waals surface area contributed by atoms with Gasteiger partial charge in [0.15, 0.2) is 11.5 Å². The topological polar surface area (TPSA) is 71.0 Å². The van der Waals surface area contributed by atoms with Gasteiger partial charge < -0.3 is 25.0 Å². The first kappa shape index (κ1) is 15.0. The van der Waals surface area contributed by atoms with Crippen LogP contribution in [0.4, 0.5) is 0 Å². The Labute approximate surface area is 142 Å². The van der Waals surface area contributed by atoms with Crippen molar-refractivity contribution < 1.29 is 19.7 Å². The highest BCUT2D eigenvalue weighted by molar-refractivity contribution is 5.60. The predicted octanol–water partition coefficient (Wildman–Crippen LogP) is 1.34. The average Bonchev–Trinajstić information content (AvgIpc) is 2.90. The van der Waals surface area contributed by atoms with Gasteiger partial charge in [-0.15, -0.1) is 0 Å². The van der Waals surface area contributed by atoms with Crippen LogP contribution in [0.3, 0.4) is 0 Å². The van der Waals surface area contributed by atoms with Crippen molar-refractivity contribution in [2.45, 2.75) is 56.0 Å². The Morgan fingerprint density at radius 3 is 3.00 bits per heavy atom. The maximum atomic E-state index is 10.4. The molecule has 24 heavy (non-hydrogen) atoms. The number of aliphatic hydroxyl groups excluding tert-OH is 1. The smallest absolute Gasteiger partial charge is 0.165 e. The van der Waals surface area contributed by atoms with Crippen molar-refractivity contribution in [3.05, 3.63) is 23.3 Å². The molecule has 7 atom stereocenters. The van der Waals surface area contributed by atoms with E-state index in [1.54, 1.807) is 13.2 Å². The van der Waals surface area contributed by atoms with Crippen molar-refractivity contribution in [1.29, 1.82) is 0 Å². The van der Waals surface area contributed by atoms with Crippen molar-refractivity contribution in [1.82, 2.24) is 5.32 Å². The van der Waals surface area contributed by atoms with Crippen molar-refractivity contribution >= 4 is 0 Å². The van der Waals surface area contributed by atoms with Crippen LogP contribution in [0.5, 0.6) is 11.5 Å². The highest BCUT2D eigenvalue weighted by Gasteiger charge is 2.67. The molecule has 7 unspecified atom stereocenters. The zero-order chi connectivity index (χ0) is 16.6. The Kier molecular flexibility index (Phi) is 3.04. The lowest BCUT2D eigenvalue weighted by molar-refractivity contribution is -0.144. The van der Waals surface area contributed by atoms with Gasteiger partial charge in [0.05, 0.1) is 6.10 Å². The number of hydrogen-bond acceptors (Lipinski definition) is 5. The second kappa shape index (κ2) is 4.87. The van der Waals surface area contributed by atoms with Crippen molar-refractivity contribution in [3.63, 3.8) is 0 Å². The number of methoxy groups -OCH3 is 1. The molecule has 5 nitrogen and oxygen atoms in total. The fraction of sp³-hybridized carbons (Fsp3) is 0.684. The van der Waals surface area contributed by atoms with E-state index < -0.39 is 6.10 Å².